The predicted molar refractivity (Wildman–Crippen MR) is 106 cm³/mol. The molecule has 28 heavy (non-hydrogen) atoms. The first-order valence-electron chi connectivity index (χ1n) is 8.23. The molecular weight excluding hydrogens is 380 g/mol. The molecule has 7 heteroatoms. The van der Waals surface area contributed by atoms with Crippen LogP contribution in [0.1, 0.15) is 21.7 Å². The van der Waals surface area contributed by atoms with Crippen LogP contribution in [-0.4, -0.2) is 18.1 Å². The lowest BCUT2D eigenvalue weighted by molar-refractivity contribution is -0.128. The number of carbonyl (C=O) groups is 2. The van der Waals surface area contributed by atoms with E-state index in [1.165, 1.54) is 24.6 Å². The summed E-state index contributed by atoms with van der Waals surface area (Å²) in [6.45, 7) is 0. The van der Waals surface area contributed by atoms with Crippen LogP contribution >= 0.6 is 11.6 Å². The minimum absolute atomic E-state index is 0.339. The fourth-order valence-corrected chi connectivity index (χ4v) is 2.40. The Balaban J connectivity index is 1.52. The van der Waals surface area contributed by atoms with Gasteiger partial charge in [0.1, 0.15) is 11.5 Å². The van der Waals surface area contributed by atoms with Crippen LogP contribution in [0.2, 0.25) is 5.02 Å². The molecule has 3 rings (SSSR count). The summed E-state index contributed by atoms with van der Waals surface area (Å²) in [4.78, 5) is 23.8. The van der Waals surface area contributed by atoms with Gasteiger partial charge in [-0.25, -0.2) is 10.2 Å². The fourth-order valence-electron chi connectivity index (χ4n) is 2.18. The van der Waals surface area contributed by atoms with E-state index in [-0.39, 0.29) is 0 Å². The van der Waals surface area contributed by atoms with Gasteiger partial charge in [-0.2, -0.15) is 5.10 Å². The summed E-state index contributed by atoms with van der Waals surface area (Å²) in [7, 11) is 0. The normalized spacial score (nSPS) is 11.0. The van der Waals surface area contributed by atoms with Gasteiger partial charge < -0.3 is 9.15 Å². The lowest BCUT2D eigenvalue weighted by Crippen LogP contribution is -2.17. The summed E-state index contributed by atoms with van der Waals surface area (Å²) in [5.41, 5.74) is 3.46. The summed E-state index contributed by atoms with van der Waals surface area (Å²) in [6, 6.07) is 16.8. The number of esters is 1. The lowest BCUT2D eigenvalue weighted by Gasteiger charge is -2.02. The number of ether oxygens (including phenoxy) is 1. The topological polar surface area (TPSA) is 80.9 Å². The molecule has 0 saturated carbocycles. The molecule has 0 radical (unpaired) electrons. The molecule has 0 unspecified atom stereocenters. The van der Waals surface area contributed by atoms with Crippen molar-refractivity contribution in [1.82, 2.24) is 5.43 Å². The van der Waals surface area contributed by atoms with E-state index in [9.17, 15) is 9.59 Å². The Bertz CT molecular complexity index is 1010. The largest absolute Gasteiger partial charge is 0.465 e. The number of rotatable bonds is 6. The van der Waals surface area contributed by atoms with Crippen LogP contribution in [0.15, 0.2) is 82.5 Å². The monoisotopic (exact) mass is 394 g/mol. The molecule has 0 aliphatic heterocycles. The summed E-state index contributed by atoms with van der Waals surface area (Å²) in [5, 5.41) is 4.24. The standard InChI is InChI=1S/C21H15ClN2O4/c22-19-6-2-1-5-18(19)21(26)24-23-14-15-7-9-17(10-8-15)28-20(25)12-11-16-4-3-13-27-16/h1-14H,(H,24,26)/b12-11+,23-14+. The Morgan fingerprint density at radius 2 is 1.82 bits per heavy atom. The molecule has 0 fully saturated rings. The number of benzene rings is 2. The van der Waals surface area contributed by atoms with Gasteiger partial charge in [0, 0.05) is 6.08 Å². The van der Waals surface area contributed by atoms with Gasteiger partial charge in [0.15, 0.2) is 0 Å². The Kier molecular flexibility index (Phi) is 6.38. The number of furan rings is 1. The highest BCUT2D eigenvalue weighted by atomic mass is 35.5. The number of nitrogens with zero attached hydrogens (tertiary/aromatic N) is 1. The van der Waals surface area contributed by atoms with Crippen LogP contribution in [0.4, 0.5) is 0 Å². The highest BCUT2D eigenvalue weighted by Crippen LogP contribution is 2.15. The third-order valence-electron chi connectivity index (χ3n) is 3.52. The molecule has 3 aromatic rings. The second-order valence-corrected chi connectivity index (χ2v) is 5.93. The molecule has 6 nitrogen and oxygen atoms in total. The fraction of sp³-hybridized carbons (Fsp3) is 0. The second kappa shape index (κ2) is 9.34. The van der Waals surface area contributed by atoms with Crippen LogP contribution in [0.5, 0.6) is 5.75 Å². The van der Waals surface area contributed by atoms with Crippen LogP contribution in [0.3, 0.4) is 0 Å². The first-order valence-corrected chi connectivity index (χ1v) is 8.61. The van der Waals surface area contributed by atoms with E-state index in [0.29, 0.717) is 27.7 Å². The second-order valence-electron chi connectivity index (χ2n) is 5.52. The molecule has 2 aromatic carbocycles. The maximum absolute atomic E-state index is 12.0. The molecule has 140 valence electrons. The van der Waals surface area contributed by atoms with Crippen molar-refractivity contribution >= 4 is 35.8 Å². The Morgan fingerprint density at radius 3 is 2.54 bits per heavy atom. The molecule has 1 heterocycles. The first kappa shape index (κ1) is 19.1. The molecule has 0 aliphatic carbocycles. The van der Waals surface area contributed by atoms with Gasteiger partial charge in [0.2, 0.25) is 0 Å². The van der Waals surface area contributed by atoms with E-state index < -0.39 is 11.9 Å². The van der Waals surface area contributed by atoms with E-state index in [1.807, 2.05) is 0 Å². The summed E-state index contributed by atoms with van der Waals surface area (Å²) in [5.74, 6) is 0.00857. The van der Waals surface area contributed by atoms with Crippen LogP contribution in [-0.2, 0) is 4.79 Å². The minimum Gasteiger partial charge on any atom is -0.465 e. The SMILES string of the molecule is O=C(/C=C/c1ccco1)Oc1ccc(/C=N/NC(=O)c2ccccc2Cl)cc1. The van der Waals surface area contributed by atoms with E-state index in [2.05, 4.69) is 10.5 Å². The van der Waals surface area contributed by atoms with Crippen molar-refractivity contribution < 1.29 is 18.7 Å². The van der Waals surface area contributed by atoms with Crippen LogP contribution in [0.25, 0.3) is 6.08 Å². The average Bonchev–Trinajstić information content (AvgIpc) is 3.22. The van der Waals surface area contributed by atoms with Gasteiger partial charge in [-0.1, -0.05) is 23.7 Å². The van der Waals surface area contributed by atoms with Crippen molar-refractivity contribution in [3.8, 4) is 5.75 Å². The molecule has 0 aliphatic rings. The summed E-state index contributed by atoms with van der Waals surface area (Å²) < 4.78 is 10.3. The molecule has 0 atom stereocenters. The van der Waals surface area contributed by atoms with Crippen molar-refractivity contribution in [1.29, 1.82) is 0 Å². The van der Waals surface area contributed by atoms with Gasteiger partial charge in [-0.3, -0.25) is 4.79 Å². The molecule has 1 N–H and O–H groups in total. The van der Waals surface area contributed by atoms with Crippen LogP contribution in [0, 0.1) is 0 Å². The van der Waals surface area contributed by atoms with E-state index in [1.54, 1.807) is 60.7 Å². The van der Waals surface area contributed by atoms with E-state index >= 15 is 0 Å². The minimum atomic E-state index is -0.523. The van der Waals surface area contributed by atoms with Gasteiger partial charge in [0.05, 0.1) is 23.1 Å². The quantitative estimate of drug-likeness (QED) is 0.222. The van der Waals surface area contributed by atoms with E-state index in [4.69, 9.17) is 20.8 Å². The maximum atomic E-state index is 12.0. The van der Waals surface area contributed by atoms with Gasteiger partial charge in [0.25, 0.3) is 5.91 Å². The van der Waals surface area contributed by atoms with Gasteiger partial charge >= 0.3 is 5.97 Å². The third kappa shape index (κ3) is 5.43. The highest BCUT2D eigenvalue weighted by Gasteiger charge is 2.07. The predicted octanol–water partition coefficient (Wildman–Crippen LogP) is 4.32. The highest BCUT2D eigenvalue weighted by molar-refractivity contribution is 6.33. The number of halogens is 1. The number of hydrogen-bond acceptors (Lipinski definition) is 5. The lowest BCUT2D eigenvalue weighted by atomic mass is 10.2. The maximum Gasteiger partial charge on any atom is 0.336 e. The zero-order valence-electron chi connectivity index (χ0n) is 14.5. The molecular formula is C21H15ClN2O4. The molecule has 0 spiro atoms. The smallest absolute Gasteiger partial charge is 0.336 e. The van der Waals surface area contributed by atoms with Crippen LogP contribution < -0.4 is 10.2 Å². The zero-order chi connectivity index (χ0) is 19.8. The molecule has 0 saturated heterocycles. The van der Waals surface area contributed by atoms with Gasteiger partial charge in [-0.15, -0.1) is 0 Å². The van der Waals surface area contributed by atoms with Gasteiger partial charge in [-0.05, 0) is 60.2 Å². The molecule has 1 amide bonds. The first-order chi connectivity index (χ1) is 13.6. The third-order valence-corrected chi connectivity index (χ3v) is 3.85. The Labute approximate surface area is 166 Å². The van der Waals surface area contributed by atoms with E-state index in [0.717, 1.165) is 0 Å². The average molecular weight is 395 g/mol. The number of amides is 1. The number of hydrogen-bond donors (Lipinski definition) is 1. The van der Waals surface area contributed by atoms with Crippen molar-refractivity contribution in [3.05, 3.63) is 94.9 Å². The van der Waals surface area contributed by atoms with Crippen molar-refractivity contribution in [2.75, 3.05) is 0 Å². The zero-order valence-corrected chi connectivity index (χ0v) is 15.3. The van der Waals surface area contributed by atoms with Crippen molar-refractivity contribution in [2.45, 2.75) is 0 Å². The number of hydrazone groups is 1. The van der Waals surface area contributed by atoms with Crippen molar-refractivity contribution in [2.24, 2.45) is 5.10 Å². The summed E-state index contributed by atoms with van der Waals surface area (Å²) in [6.07, 6.45) is 5.78. The Morgan fingerprint density at radius 1 is 1.04 bits per heavy atom. The number of nitrogens with one attached hydrogen (secondary N) is 1. The molecule has 0 bridgehead atoms. The van der Waals surface area contributed by atoms with Crippen molar-refractivity contribution in [3.63, 3.8) is 0 Å². The summed E-state index contributed by atoms with van der Waals surface area (Å²) >= 11 is 5.96. The number of carbonyl (C=O) groups excluding carboxylic acids is 2. The Hall–Kier alpha value is -3.64. The molecule has 1 aromatic heterocycles.